The average molecular weight is 176 g/mol. The molecule has 1 amide bonds. The molecule has 0 bridgehead atoms. The van der Waals surface area contributed by atoms with Crippen molar-refractivity contribution >= 4 is 12.1 Å². The zero-order chi connectivity index (χ0) is 9.72. The van der Waals surface area contributed by atoms with E-state index >= 15 is 0 Å². The molecule has 0 aliphatic rings. The second-order valence-electron chi connectivity index (χ2n) is 2.35. The van der Waals surface area contributed by atoms with Crippen LogP contribution >= 0.6 is 0 Å². The monoisotopic (exact) mass is 176 g/mol. The minimum atomic E-state index is -1.26. The fourth-order valence-electron chi connectivity index (χ4n) is 0.676. The lowest BCUT2D eigenvalue weighted by atomic mass is 10.4. The van der Waals surface area contributed by atoms with Gasteiger partial charge in [0.15, 0.2) is 0 Å². The largest absolute Gasteiger partial charge is 0.464 e. The summed E-state index contributed by atoms with van der Waals surface area (Å²) in [4.78, 5) is 20.6. The van der Waals surface area contributed by atoms with Crippen molar-refractivity contribution in [1.82, 2.24) is 5.01 Å². The zero-order valence-electron chi connectivity index (χ0n) is 6.98. The first kappa shape index (κ1) is 10.7. The second kappa shape index (κ2) is 4.55. The Morgan fingerprint density at radius 1 is 1.67 bits per heavy atom. The molecule has 0 aromatic heterocycles. The first-order valence-electron chi connectivity index (χ1n) is 3.36. The van der Waals surface area contributed by atoms with Crippen molar-refractivity contribution in [2.45, 2.75) is 20.0 Å². The van der Waals surface area contributed by atoms with Gasteiger partial charge in [-0.05, 0) is 6.92 Å². The molecule has 0 aromatic carbocycles. The first-order valence-corrected chi connectivity index (χ1v) is 3.36. The van der Waals surface area contributed by atoms with Gasteiger partial charge in [0.1, 0.15) is 6.10 Å². The van der Waals surface area contributed by atoms with E-state index in [1.807, 2.05) is 0 Å². The lowest BCUT2D eigenvalue weighted by Gasteiger charge is -2.17. The molecule has 6 nitrogen and oxygen atoms in total. The molecule has 0 fully saturated rings. The lowest BCUT2D eigenvalue weighted by Crippen LogP contribution is -2.42. The number of esters is 1. The molecule has 0 heterocycles. The third-order valence-corrected chi connectivity index (χ3v) is 1.07. The predicted molar refractivity (Wildman–Crippen MR) is 40.1 cm³/mol. The molecule has 0 aliphatic carbocycles. The summed E-state index contributed by atoms with van der Waals surface area (Å²) in [7, 11) is 0. The van der Waals surface area contributed by atoms with E-state index in [2.05, 4.69) is 4.74 Å². The Balaban J connectivity index is 3.76. The van der Waals surface area contributed by atoms with Gasteiger partial charge in [0.05, 0.1) is 6.54 Å². The fourth-order valence-corrected chi connectivity index (χ4v) is 0.676. The number of nitrogens with zero attached hydrogens (tertiary/aromatic N) is 1. The van der Waals surface area contributed by atoms with Crippen molar-refractivity contribution in [3.05, 3.63) is 0 Å². The number of carboxylic acid groups (broad SMARTS) is 1. The summed E-state index contributed by atoms with van der Waals surface area (Å²) in [6.07, 6.45) is -1.78. The highest BCUT2D eigenvalue weighted by atomic mass is 16.5. The zero-order valence-corrected chi connectivity index (χ0v) is 6.98. The molecule has 0 unspecified atom stereocenters. The van der Waals surface area contributed by atoms with E-state index in [9.17, 15) is 9.59 Å². The lowest BCUT2D eigenvalue weighted by molar-refractivity contribution is -0.146. The van der Waals surface area contributed by atoms with Crippen LogP contribution in [0.1, 0.15) is 13.8 Å². The molecule has 3 N–H and O–H groups in total. The molecule has 0 radical (unpaired) electrons. The number of rotatable bonds is 3. The number of hydrogen-bond acceptors (Lipinski definition) is 4. The normalized spacial score (nSPS) is 11.9. The predicted octanol–water partition coefficient (Wildman–Crippen LogP) is -0.208. The highest BCUT2D eigenvalue weighted by molar-refractivity contribution is 5.66. The Morgan fingerprint density at radius 3 is 2.50 bits per heavy atom. The van der Waals surface area contributed by atoms with E-state index in [1.165, 1.54) is 6.92 Å². The van der Waals surface area contributed by atoms with Crippen LogP contribution in [0.15, 0.2) is 0 Å². The van der Waals surface area contributed by atoms with Crippen LogP contribution in [-0.2, 0) is 9.53 Å². The van der Waals surface area contributed by atoms with Gasteiger partial charge >= 0.3 is 12.1 Å². The van der Waals surface area contributed by atoms with Crippen LogP contribution in [0.3, 0.4) is 0 Å². The van der Waals surface area contributed by atoms with E-state index in [0.29, 0.717) is 5.01 Å². The van der Waals surface area contributed by atoms with Gasteiger partial charge in [-0.2, -0.15) is 0 Å². The third kappa shape index (κ3) is 4.51. The molecule has 12 heavy (non-hydrogen) atoms. The molecule has 6 heteroatoms. The first-order chi connectivity index (χ1) is 5.43. The van der Waals surface area contributed by atoms with E-state index < -0.39 is 18.2 Å². The Kier molecular flexibility index (Phi) is 4.06. The third-order valence-electron chi connectivity index (χ3n) is 1.07. The number of carbonyl (C=O) groups excluding carboxylic acids is 1. The molecule has 0 saturated heterocycles. The second-order valence-corrected chi connectivity index (χ2v) is 2.35. The van der Waals surface area contributed by atoms with E-state index in [-0.39, 0.29) is 6.54 Å². The minimum Gasteiger partial charge on any atom is -0.464 e. The quantitative estimate of drug-likeness (QED) is 0.268. The number of hydrogen-bond donors (Lipinski definition) is 2. The SMILES string of the molecule is CC(=O)O[C@H](C)CN(N)C(=O)O. The smallest absolute Gasteiger partial charge is 0.421 e. The van der Waals surface area contributed by atoms with Crippen LogP contribution < -0.4 is 5.84 Å². The molecular weight excluding hydrogens is 164 g/mol. The molecule has 0 spiro atoms. The van der Waals surface area contributed by atoms with Gasteiger partial charge in [-0.15, -0.1) is 0 Å². The molecule has 0 aromatic rings. The Labute approximate surface area is 69.9 Å². The molecule has 70 valence electrons. The molecule has 0 rings (SSSR count). The maximum atomic E-state index is 10.4. The number of amides is 1. The Bertz CT molecular complexity index is 182. The maximum Gasteiger partial charge on any atom is 0.421 e. The summed E-state index contributed by atoms with van der Waals surface area (Å²) < 4.78 is 4.65. The van der Waals surface area contributed by atoms with E-state index in [4.69, 9.17) is 10.9 Å². The van der Waals surface area contributed by atoms with Gasteiger partial charge in [-0.25, -0.2) is 15.6 Å². The summed E-state index contributed by atoms with van der Waals surface area (Å²) in [6.45, 7) is 2.78. The van der Waals surface area contributed by atoms with Gasteiger partial charge in [-0.3, -0.25) is 4.79 Å². The Hall–Kier alpha value is -1.30. The molecule has 0 saturated carbocycles. The van der Waals surface area contributed by atoms with Gasteiger partial charge < -0.3 is 9.84 Å². The highest BCUT2D eigenvalue weighted by Gasteiger charge is 2.12. The summed E-state index contributed by atoms with van der Waals surface area (Å²) in [6, 6.07) is 0. The van der Waals surface area contributed by atoms with Crippen molar-refractivity contribution in [3.63, 3.8) is 0 Å². The van der Waals surface area contributed by atoms with E-state index in [1.54, 1.807) is 6.92 Å². The van der Waals surface area contributed by atoms with Crippen LogP contribution in [0.5, 0.6) is 0 Å². The molecule has 1 atom stereocenters. The summed E-state index contributed by atoms with van der Waals surface area (Å²) in [5.74, 6) is 4.58. The van der Waals surface area contributed by atoms with Gasteiger partial charge in [0.25, 0.3) is 0 Å². The van der Waals surface area contributed by atoms with Crippen molar-refractivity contribution < 1.29 is 19.4 Å². The van der Waals surface area contributed by atoms with Crippen molar-refractivity contribution in [2.24, 2.45) is 5.84 Å². The molecular formula is C6H12N2O4. The van der Waals surface area contributed by atoms with Gasteiger partial charge in [-0.1, -0.05) is 0 Å². The van der Waals surface area contributed by atoms with Gasteiger partial charge in [0, 0.05) is 6.92 Å². The van der Waals surface area contributed by atoms with Crippen LogP contribution in [0, 0.1) is 0 Å². The van der Waals surface area contributed by atoms with E-state index in [0.717, 1.165) is 0 Å². The Morgan fingerprint density at radius 2 is 2.17 bits per heavy atom. The van der Waals surface area contributed by atoms with Crippen LogP contribution in [-0.4, -0.2) is 34.8 Å². The number of hydrazine groups is 1. The number of ether oxygens (including phenoxy) is 1. The van der Waals surface area contributed by atoms with Crippen molar-refractivity contribution in [1.29, 1.82) is 0 Å². The summed E-state index contributed by atoms with van der Waals surface area (Å²) in [5.41, 5.74) is 0. The summed E-state index contributed by atoms with van der Waals surface area (Å²) >= 11 is 0. The van der Waals surface area contributed by atoms with Gasteiger partial charge in [0.2, 0.25) is 0 Å². The van der Waals surface area contributed by atoms with Crippen molar-refractivity contribution in [3.8, 4) is 0 Å². The average Bonchev–Trinajstić information content (AvgIpc) is 1.84. The molecule has 0 aliphatic heterocycles. The topological polar surface area (TPSA) is 92.9 Å². The van der Waals surface area contributed by atoms with Crippen LogP contribution in [0.25, 0.3) is 0 Å². The summed E-state index contributed by atoms with van der Waals surface area (Å²) in [5, 5.41) is 8.89. The maximum absolute atomic E-state index is 10.4. The van der Waals surface area contributed by atoms with Crippen LogP contribution in [0.4, 0.5) is 4.79 Å². The van der Waals surface area contributed by atoms with Crippen molar-refractivity contribution in [2.75, 3.05) is 6.54 Å². The minimum absolute atomic E-state index is 0.0328. The highest BCUT2D eigenvalue weighted by Crippen LogP contribution is 1.93. The standard InChI is InChI=1S/C6H12N2O4/c1-4(12-5(2)9)3-8(7)6(10)11/h4H,3,7H2,1-2H3,(H,10,11)/t4-/m1/s1. The number of carbonyl (C=O) groups is 2. The van der Waals surface area contributed by atoms with Crippen LogP contribution in [0.2, 0.25) is 0 Å². The fraction of sp³-hybridized carbons (Fsp3) is 0.667. The number of nitrogens with two attached hydrogens (primary N) is 1.